The Hall–Kier alpha value is -2.60. The molecule has 6 heteroatoms. The van der Waals surface area contributed by atoms with Crippen molar-refractivity contribution in [3.63, 3.8) is 0 Å². The number of carbonyl (C=O) groups is 1. The first-order valence-electron chi connectivity index (χ1n) is 8.13. The molecule has 0 saturated carbocycles. The lowest BCUT2D eigenvalue weighted by Gasteiger charge is -2.28. The van der Waals surface area contributed by atoms with Gasteiger partial charge in [0.1, 0.15) is 6.10 Å². The first-order chi connectivity index (χ1) is 11.7. The number of pyridine rings is 1. The Morgan fingerprint density at radius 1 is 1.08 bits per heavy atom. The maximum Gasteiger partial charge on any atom is 0.323 e. The third-order valence-electron chi connectivity index (χ3n) is 3.98. The first kappa shape index (κ1) is 16.3. The van der Waals surface area contributed by atoms with Crippen LogP contribution in [0.15, 0.2) is 48.7 Å². The summed E-state index contributed by atoms with van der Waals surface area (Å²) in [6, 6.07) is 12.6. The summed E-state index contributed by atoms with van der Waals surface area (Å²) in [5, 5.41) is 5.51. The minimum absolute atomic E-state index is 0.217. The van der Waals surface area contributed by atoms with E-state index in [0.29, 0.717) is 11.6 Å². The molecule has 3 rings (SSSR count). The molecule has 2 heterocycles. The largest absolute Gasteiger partial charge is 0.474 e. The zero-order chi connectivity index (χ0) is 16.8. The van der Waals surface area contributed by atoms with Crippen LogP contribution in [0.2, 0.25) is 0 Å². The summed E-state index contributed by atoms with van der Waals surface area (Å²) in [7, 11) is 2.12. The second-order valence-electron chi connectivity index (χ2n) is 5.95. The number of hydrogen-bond acceptors (Lipinski definition) is 4. The standard InChI is InChI=1S/C18H22N4O2/c1-22-11-9-16(10-12-22)24-17-8-7-15(13-19-17)21-18(23)20-14-5-3-2-4-6-14/h2-8,13,16H,9-12H2,1H3,(H2,20,21,23). The monoisotopic (exact) mass is 326 g/mol. The Balaban J connectivity index is 1.50. The van der Waals surface area contributed by atoms with Crippen molar-refractivity contribution in [1.29, 1.82) is 0 Å². The topological polar surface area (TPSA) is 66.5 Å². The van der Waals surface area contributed by atoms with Gasteiger partial charge < -0.3 is 20.3 Å². The van der Waals surface area contributed by atoms with Crippen molar-refractivity contribution in [3.05, 3.63) is 48.7 Å². The molecular formula is C18H22N4O2. The number of piperidine rings is 1. The van der Waals surface area contributed by atoms with E-state index in [9.17, 15) is 4.79 Å². The fourth-order valence-corrected chi connectivity index (χ4v) is 2.61. The average molecular weight is 326 g/mol. The molecule has 1 aliphatic heterocycles. The highest BCUT2D eigenvalue weighted by Crippen LogP contribution is 2.18. The van der Waals surface area contributed by atoms with Crippen LogP contribution in [0, 0.1) is 0 Å². The fraction of sp³-hybridized carbons (Fsp3) is 0.333. The van der Waals surface area contributed by atoms with Crippen molar-refractivity contribution in [1.82, 2.24) is 9.88 Å². The molecule has 126 valence electrons. The van der Waals surface area contributed by atoms with Crippen molar-refractivity contribution in [3.8, 4) is 5.88 Å². The zero-order valence-corrected chi connectivity index (χ0v) is 13.7. The number of likely N-dealkylation sites (tertiary alicyclic amines) is 1. The molecule has 2 aromatic rings. The molecule has 24 heavy (non-hydrogen) atoms. The van der Waals surface area contributed by atoms with Gasteiger partial charge in [0.2, 0.25) is 5.88 Å². The Kier molecular flexibility index (Phi) is 5.28. The second-order valence-corrected chi connectivity index (χ2v) is 5.95. The summed E-state index contributed by atoms with van der Waals surface area (Å²) in [5.74, 6) is 0.596. The number of aromatic nitrogens is 1. The summed E-state index contributed by atoms with van der Waals surface area (Å²) in [6.07, 6.45) is 3.85. The SMILES string of the molecule is CN1CCC(Oc2ccc(NC(=O)Nc3ccccc3)cn2)CC1. The number of nitrogens with zero attached hydrogens (tertiary/aromatic N) is 2. The van der Waals surface area contributed by atoms with Gasteiger partial charge in [-0.25, -0.2) is 9.78 Å². The van der Waals surface area contributed by atoms with Crippen LogP contribution in [0.25, 0.3) is 0 Å². The third kappa shape index (κ3) is 4.70. The van der Waals surface area contributed by atoms with Crippen molar-refractivity contribution >= 4 is 17.4 Å². The Bertz CT molecular complexity index is 652. The van der Waals surface area contributed by atoms with Crippen LogP contribution in [0.4, 0.5) is 16.2 Å². The zero-order valence-electron chi connectivity index (χ0n) is 13.7. The van der Waals surface area contributed by atoms with Crippen LogP contribution in [-0.4, -0.2) is 42.2 Å². The first-order valence-corrected chi connectivity index (χ1v) is 8.13. The highest BCUT2D eigenvalue weighted by molar-refractivity contribution is 5.99. The van der Waals surface area contributed by atoms with Crippen LogP contribution in [0.1, 0.15) is 12.8 Å². The molecule has 1 saturated heterocycles. The maximum atomic E-state index is 11.9. The van der Waals surface area contributed by atoms with Gasteiger partial charge >= 0.3 is 6.03 Å². The molecule has 2 N–H and O–H groups in total. The van der Waals surface area contributed by atoms with Crippen LogP contribution >= 0.6 is 0 Å². The van der Waals surface area contributed by atoms with E-state index in [1.165, 1.54) is 0 Å². The van der Waals surface area contributed by atoms with Gasteiger partial charge in [-0.15, -0.1) is 0 Å². The Morgan fingerprint density at radius 3 is 2.46 bits per heavy atom. The minimum atomic E-state index is -0.299. The normalized spacial score (nSPS) is 15.7. The molecule has 0 spiro atoms. The van der Waals surface area contributed by atoms with Crippen LogP contribution in [-0.2, 0) is 0 Å². The van der Waals surface area contributed by atoms with E-state index < -0.39 is 0 Å². The minimum Gasteiger partial charge on any atom is -0.474 e. The van der Waals surface area contributed by atoms with Gasteiger partial charge in [0.05, 0.1) is 11.9 Å². The highest BCUT2D eigenvalue weighted by atomic mass is 16.5. The Morgan fingerprint density at radius 2 is 1.79 bits per heavy atom. The lowest BCUT2D eigenvalue weighted by molar-refractivity contribution is 0.110. The molecule has 0 atom stereocenters. The fourth-order valence-electron chi connectivity index (χ4n) is 2.61. The van der Waals surface area contributed by atoms with E-state index in [-0.39, 0.29) is 12.1 Å². The molecule has 1 fully saturated rings. The maximum absolute atomic E-state index is 11.9. The van der Waals surface area contributed by atoms with E-state index in [4.69, 9.17) is 4.74 Å². The number of carbonyl (C=O) groups excluding carboxylic acids is 1. The summed E-state index contributed by atoms with van der Waals surface area (Å²) >= 11 is 0. The number of ether oxygens (including phenoxy) is 1. The molecule has 1 aromatic heterocycles. The van der Waals surface area contributed by atoms with Crippen molar-refractivity contribution in [2.45, 2.75) is 18.9 Å². The van der Waals surface area contributed by atoms with Crippen molar-refractivity contribution < 1.29 is 9.53 Å². The number of urea groups is 1. The number of amides is 2. The molecule has 2 amide bonds. The van der Waals surface area contributed by atoms with Gasteiger partial charge in [-0.05, 0) is 38.1 Å². The molecule has 1 aromatic carbocycles. The van der Waals surface area contributed by atoms with E-state index in [1.54, 1.807) is 18.3 Å². The number of benzene rings is 1. The average Bonchev–Trinajstić information content (AvgIpc) is 2.59. The van der Waals surface area contributed by atoms with E-state index in [1.807, 2.05) is 30.3 Å². The highest BCUT2D eigenvalue weighted by Gasteiger charge is 2.18. The van der Waals surface area contributed by atoms with Crippen LogP contribution in [0.3, 0.4) is 0 Å². The van der Waals surface area contributed by atoms with E-state index in [0.717, 1.165) is 31.6 Å². The second kappa shape index (κ2) is 7.79. The van der Waals surface area contributed by atoms with Gasteiger partial charge in [0.25, 0.3) is 0 Å². The third-order valence-corrected chi connectivity index (χ3v) is 3.98. The smallest absolute Gasteiger partial charge is 0.323 e. The van der Waals surface area contributed by atoms with Gasteiger partial charge in [-0.1, -0.05) is 18.2 Å². The van der Waals surface area contributed by atoms with E-state index in [2.05, 4.69) is 27.6 Å². The van der Waals surface area contributed by atoms with Gasteiger partial charge in [-0.2, -0.15) is 0 Å². The van der Waals surface area contributed by atoms with Gasteiger partial charge in [0.15, 0.2) is 0 Å². The van der Waals surface area contributed by atoms with E-state index >= 15 is 0 Å². The summed E-state index contributed by atoms with van der Waals surface area (Å²) in [4.78, 5) is 18.5. The Labute approximate surface area is 141 Å². The molecule has 0 unspecified atom stereocenters. The summed E-state index contributed by atoms with van der Waals surface area (Å²) in [5.41, 5.74) is 1.37. The molecule has 0 aliphatic carbocycles. The predicted octanol–water partition coefficient (Wildman–Crippen LogP) is 3.20. The van der Waals surface area contributed by atoms with Crippen molar-refractivity contribution in [2.24, 2.45) is 0 Å². The lowest BCUT2D eigenvalue weighted by Crippen LogP contribution is -2.35. The number of nitrogens with one attached hydrogen (secondary N) is 2. The van der Waals surface area contributed by atoms with Crippen LogP contribution in [0.5, 0.6) is 5.88 Å². The molecular weight excluding hydrogens is 304 g/mol. The number of hydrogen-bond donors (Lipinski definition) is 2. The molecule has 0 bridgehead atoms. The number of anilines is 2. The summed E-state index contributed by atoms with van der Waals surface area (Å²) < 4.78 is 5.89. The molecule has 0 radical (unpaired) electrons. The quantitative estimate of drug-likeness (QED) is 0.905. The number of para-hydroxylation sites is 1. The van der Waals surface area contributed by atoms with Crippen LogP contribution < -0.4 is 15.4 Å². The lowest BCUT2D eigenvalue weighted by atomic mass is 10.1. The summed E-state index contributed by atoms with van der Waals surface area (Å²) in [6.45, 7) is 2.09. The van der Waals surface area contributed by atoms with Gasteiger partial charge in [-0.3, -0.25) is 0 Å². The predicted molar refractivity (Wildman–Crippen MR) is 94.5 cm³/mol. The van der Waals surface area contributed by atoms with Crippen molar-refractivity contribution in [2.75, 3.05) is 30.8 Å². The van der Waals surface area contributed by atoms with Gasteiger partial charge in [0, 0.05) is 24.8 Å². The molecule has 1 aliphatic rings. The molecule has 6 nitrogen and oxygen atoms in total. The number of rotatable bonds is 4.